The summed E-state index contributed by atoms with van der Waals surface area (Å²) in [4.78, 5) is 12.4. The Balaban J connectivity index is 1.73. The third-order valence-electron chi connectivity index (χ3n) is 4.16. The molecule has 1 aromatic carbocycles. The molecule has 28 heavy (non-hydrogen) atoms. The summed E-state index contributed by atoms with van der Waals surface area (Å²) in [5, 5.41) is 13.5. The molecule has 0 fully saturated rings. The molecular weight excluding hydrogens is 373 g/mol. The zero-order valence-corrected chi connectivity index (χ0v) is 15.4. The second-order valence-electron chi connectivity index (χ2n) is 6.30. The number of nitrogens with one attached hydrogen (secondary N) is 2. The Morgan fingerprint density at radius 3 is 2.36 bits per heavy atom. The Labute approximate surface area is 159 Å². The van der Waals surface area contributed by atoms with Gasteiger partial charge in [-0.1, -0.05) is 18.2 Å². The Hall–Kier alpha value is -3.30. The molecule has 3 rings (SSSR count). The number of carbonyl (C=O) groups is 1. The van der Waals surface area contributed by atoms with Crippen LogP contribution in [0.25, 0.3) is 0 Å². The average Bonchev–Trinajstić information content (AvgIpc) is 3.18. The lowest BCUT2D eigenvalue weighted by atomic mass is 10.2. The Morgan fingerprint density at radius 1 is 1.07 bits per heavy atom. The minimum Gasteiger partial charge on any atom is -0.343 e. The van der Waals surface area contributed by atoms with Crippen molar-refractivity contribution in [3.05, 3.63) is 59.5 Å². The van der Waals surface area contributed by atoms with E-state index in [-0.39, 0.29) is 5.69 Å². The van der Waals surface area contributed by atoms with Crippen molar-refractivity contribution in [2.45, 2.75) is 19.1 Å². The first kappa shape index (κ1) is 19.5. The number of benzene rings is 1. The molecule has 0 spiro atoms. The molecule has 0 aliphatic rings. The number of nitrogens with zero attached hydrogens (tertiary/aromatic N) is 4. The minimum absolute atomic E-state index is 0.177. The van der Waals surface area contributed by atoms with Crippen LogP contribution in [-0.2, 0) is 20.3 Å². The predicted molar refractivity (Wildman–Crippen MR) is 97.0 cm³/mol. The summed E-state index contributed by atoms with van der Waals surface area (Å²) in [5.74, 6) is -0.0681. The molecule has 1 amide bonds. The molecular formula is C18H19F3N6O. The molecule has 2 aromatic heterocycles. The standard InChI is InChI=1S/C18H19F3N6O/c1-11(22-17(28)14-9-15(18(19,20)21)24-27(14)3)13-10-16(25-26(13)2)23-12-7-5-4-6-8-12/h4-11H,1-3H3,(H,22,28)(H,23,25). The van der Waals surface area contributed by atoms with Crippen LogP contribution >= 0.6 is 0 Å². The Bertz CT molecular complexity index is 977. The smallest absolute Gasteiger partial charge is 0.343 e. The van der Waals surface area contributed by atoms with E-state index in [1.807, 2.05) is 30.3 Å². The van der Waals surface area contributed by atoms with E-state index in [1.54, 1.807) is 24.7 Å². The molecule has 0 radical (unpaired) electrons. The van der Waals surface area contributed by atoms with E-state index < -0.39 is 23.8 Å². The van der Waals surface area contributed by atoms with E-state index in [0.29, 0.717) is 11.5 Å². The van der Waals surface area contributed by atoms with Crippen LogP contribution in [0, 0.1) is 0 Å². The summed E-state index contributed by atoms with van der Waals surface area (Å²) in [6.07, 6.45) is -4.61. The molecule has 7 nitrogen and oxygen atoms in total. The molecule has 3 aromatic rings. The third-order valence-corrected chi connectivity index (χ3v) is 4.16. The third kappa shape index (κ3) is 4.16. The molecule has 148 valence electrons. The second kappa shape index (κ2) is 7.37. The van der Waals surface area contributed by atoms with Crippen molar-refractivity contribution in [2.75, 3.05) is 5.32 Å². The van der Waals surface area contributed by atoms with Crippen molar-refractivity contribution < 1.29 is 18.0 Å². The fourth-order valence-electron chi connectivity index (χ4n) is 2.78. The van der Waals surface area contributed by atoms with Crippen LogP contribution in [0.15, 0.2) is 42.5 Å². The first-order valence-electron chi connectivity index (χ1n) is 8.43. The highest BCUT2D eigenvalue weighted by atomic mass is 19.4. The van der Waals surface area contributed by atoms with Crippen LogP contribution in [0.2, 0.25) is 0 Å². The quantitative estimate of drug-likeness (QED) is 0.698. The predicted octanol–water partition coefficient (Wildman–Crippen LogP) is 3.41. The van der Waals surface area contributed by atoms with Gasteiger partial charge in [-0.05, 0) is 19.1 Å². The van der Waals surface area contributed by atoms with Crippen LogP contribution < -0.4 is 10.6 Å². The highest BCUT2D eigenvalue weighted by Gasteiger charge is 2.35. The van der Waals surface area contributed by atoms with Crippen molar-refractivity contribution in [3.63, 3.8) is 0 Å². The number of halogens is 3. The van der Waals surface area contributed by atoms with Gasteiger partial charge < -0.3 is 10.6 Å². The van der Waals surface area contributed by atoms with Gasteiger partial charge in [0.05, 0.1) is 11.7 Å². The van der Waals surface area contributed by atoms with Crippen molar-refractivity contribution in [2.24, 2.45) is 14.1 Å². The molecule has 2 heterocycles. The zero-order valence-electron chi connectivity index (χ0n) is 15.4. The van der Waals surface area contributed by atoms with Gasteiger partial charge in [0, 0.05) is 31.9 Å². The molecule has 1 unspecified atom stereocenters. The summed E-state index contributed by atoms with van der Waals surface area (Å²) < 4.78 is 40.9. The monoisotopic (exact) mass is 392 g/mol. The van der Waals surface area contributed by atoms with E-state index in [9.17, 15) is 18.0 Å². The van der Waals surface area contributed by atoms with Gasteiger partial charge in [0.25, 0.3) is 5.91 Å². The molecule has 2 N–H and O–H groups in total. The summed E-state index contributed by atoms with van der Waals surface area (Å²) in [7, 11) is 3.01. The van der Waals surface area contributed by atoms with Crippen molar-refractivity contribution >= 4 is 17.4 Å². The lowest BCUT2D eigenvalue weighted by Gasteiger charge is -2.13. The minimum atomic E-state index is -4.61. The topological polar surface area (TPSA) is 76.8 Å². The fraction of sp³-hybridized carbons (Fsp3) is 0.278. The first-order chi connectivity index (χ1) is 13.1. The normalized spacial score (nSPS) is 12.6. The number of rotatable bonds is 5. The van der Waals surface area contributed by atoms with Crippen LogP contribution in [0.4, 0.5) is 24.7 Å². The summed E-state index contributed by atoms with van der Waals surface area (Å²) in [5.41, 5.74) is 0.259. The van der Waals surface area contributed by atoms with Gasteiger partial charge in [-0.2, -0.15) is 23.4 Å². The molecule has 0 saturated heterocycles. The van der Waals surface area contributed by atoms with Gasteiger partial charge in [0.2, 0.25) is 0 Å². The molecule has 10 heteroatoms. The van der Waals surface area contributed by atoms with Crippen LogP contribution in [0.1, 0.15) is 34.8 Å². The van der Waals surface area contributed by atoms with E-state index in [4.69, 9.17) is 0 Å². The van der Waals surface area contributed by atoms with Crippen molar-refractivity contribution in [3.8, 4) is 0 Å². The first-order valence-corrected chi connectivity index (χ1v) is 8.43. The number of hydrogen-bond donors (Lipinski definition) is 2. The largest absolute Gasteiger partial charge is 0.435 e. The molecule has 0 bridgehead atoms. The van der Waals surface area contributed by atoms with Crippen LogP contribution in [-0.4, -0.2) is 25.5 Å². The Morgan fingerprint density at radius 2 is 1.75 bits per heavy atom. The lowest BCUT2D eigenvalue weighted by molar-refractivity contribution is -0.141. The second-order valence-corrected chi connectivity index (χ2v) is 6.30. The zero-order chi connectivity index (χ0) is 20.5. The number of anilines is 2. The number of alkyl halides is 3. The number of amides is 1. The van der Waals surface area contributed by atoms with Gasteiger partial charge in [0.15, 0.2) is 11.5 Å². The maximum Gasteiger partial charge on any atom is 0.435 e. The van der Waals surface area contributed by atoms with Gasteiger partial charge in [0.1, 0.15) is 5.69 Å². The summed E-state index contributed by atoms with van der Waals surface area (Å²) >= 11 is 0. The molecule has 0 aliphatic carbocycles. The SMILES string of the molecule is CC(NC(=O)c1cc(C(F)(F)F)nn1C)c1cc(Nc2ccccc2)nn1C. The highest BCUT2D eigenvalue weighted by molar-refractivity contribution is 5.93. The number of hydrogen-bond acceptors (Lipinski definition) is 4. The van der Waals surface area contributed by atoms with Gasteiger partial charge in [-0.15, -0.1) is 0 Å². The van der Waals surface area contributed by atoms with E-state index in [1.165, 1.54) is 7.05 Å². The summed E-state index contributed by atoms with van der Waals surface area (Å²) in [6.45, 7) is 1.72. The number of aryl methyl sites for hydroxylation is 2. The van der Waals surface area contributed by atoms with Gasteiger partial charge in [-0.3, -0.25) is 14.2 Å². The van der Waals surface area contributed by atoms with E-state index in [2.05, 4.69) is 20.8 Å². The van der Waals surface area contributed by atoms with Crippen molar-refractivity contribution in [1.29, 1.82) is 0 Å². The molecule has 1 atom stereocenters. The molecule has 0 saturated carbocycles. The Kier molecular flexibility index (Phi) is 5.12. The van der Waals surface area contributed by atoms with Crippen LogP contribution in [0.3, 0.4) is 0 Å². The maximum atomic E-state index is 12.8. The summed E-state index contributed by atoms with van der Waals surface area (Å²) in [6, 6.07) is 11.5. The number of carbonyl (C=O) groups excluding carboxylic acids is 1. The lowest BCUT2D eigenvalue weighted by Crippen LogP contribution is -2.29. The molecule has 0 aliphatic heterocycles. The van der Waals surface area contributed by atoms with Crippen LogP contribution in [0.5, 0.6) is 0 Å². The highest BCUT2D eigenvalue weighted by Crippen LogP contribution is 2.28. The van der Waals surface area contributed by atoms with Gasteiger partial charge >= 0.3 is 6.18 Å². The average molecular weight is 392 g/mol. The van der Waals surface area contributed by atoms with E-state index in [0.717, 1.165) is 16.4 Å². The maximum absolute atomic E-state index is 12.8. The van der Waals surface area contributed by atoms with E-state index >= 15 is 0 Å². The fourth-order valence-corrected chi connectivity index (χ4v) is 2.78. The van der Waals surface area contributed by atoms with Gasteiger partial charge in [-0.25, -0.2) is 0 Å². The number of aromatic nitrogens is 4. The number of para-hydroxylation sites is 1. The van der Waals surface area contributed by atoms with Crippen molar-refractivity contribution in [1.82, 2.24) is 24.9 Å².